The minimum Gasteiger partial charge on any atom is -0.360 e. The smallest absolute Gasteiger partial charge is 0.0791 e. The van der Waals surface area contributed by atoms with Gasteiger partial charge in [0.15, 0.2) is 0 Å². The molecule has 0 heterocycles. The number of benzene rings is 1. The molecule has 0 amide bonds. The number of nitrogens with zero attached hydrogens (tertiary/aromatic N) is 1. The van der Waals surface area contributed by atoms with Gasteiger partial charge in [0.25, 0.3) is 0 Å². The molecular weight excluding hydrogens is 196 g/mol. The van der Waals surface area contributed by atoms with E-state index in [9.17, 15) is 0 Å². The van der Waals surface area contributed by atoms with E-state index in [-0.39, 0.29) is 6.04 Å². The summed E-state index contributed by atoms with van der Waals surface area (Å²) in [6.07, 6.45) is 6.31. The molecule has 2 nitrogen and oxygen atoms in total. The van der Waals surface area contributed by atoms with Crippen LogP contribution in [0.2, 0.25) is 0 Å². The van der Waals surface area contributed by atoms with Crippen LogP contribution < -0.4 is 10.6 Å². The summed E-state index contributed by atoms with van der Waals surface area (Å²) in [6, 6.07) is 8.32. The highest BCUT2D eigenvalue weighted by Crippen LogP contribution is 2.26. The number of hydrogen-bond donors (Lipinski definition) is 1. The number of nitrogens with two attached hydrogens (primary N) is 1. The van der Waals surface area contributed by atoms with Crippen molar-refractivity contribution in [1.82, 2.24) is 0 Å². The first-order valence-electron chi connectivity index (χ1n) is 5.77. The standard InChI is InChI=1S/C14H20N2/c1-4-11-16(6-3)14-10-8-7-9-12(14)13(15)5-2/h1,7-10,13H,5-6,11,15H2,2-3H3. The van der Waals surface area contributed by atoms with Crippen LogP contribution in [-0.2, 0) is 0 Å². The van der Waals surface area contributed by atoms with Gasteiger partial charge in [-0.05, 0) is 25.0 Å². The average molecular weight is 216 g/mol. The normalized spacial score (nSPS) is 11.9. The third-order valence-corrected chi connectivity index (χ3v) is 2.78. The highest BCUT2D eigenvalue weighted by molar-refractivity contribution is 5.55. The highest BCUT2D eigenvalue weighted by atomic mass is 15.1. The summed E-state index contributed by atoms with van der Waals surface area (Å²) in [4.78, 5) is 2.17. The largest absolute Gasteiger partial charge is 0.360 e. The van der Waals surface area contributed by atoms with Gasteiger partial charge in [-0.25, -0.2) is 0 Å². The van der Waals surface area contributed by atoms with Gasteiger partial charge in [0.1, 0.15) is 0 Å². The zero-order chi connectivity index (χ0) is 12.0. The average Bonchev–Trinajstić information content (AvgIpc) is 2.35. The lowest BCUT2D eigenvalue weighted by atomic mass is 10.0. The molecule has 86 valence electrons. The molecule has 0 spiro atoms. The Hall–Kier alpha value is -1.46. The molecule has 0 saturated heterocycles. The summed E-state index contributed by atoms with van der Waals surface area (Å²) in [6.45, 7) is 5.73. The monoisotopic (exact) mass is 216 g/mol. The van der Waals surface area contributed by atoms with Gasteiger partial charge in [0, 0.05) is 18.3 Å². The maximum atomic E-state index is 6.11. The second kappa shape index (κ2) is 6.19. The molecule has 0 bridgehead atoms. The van der Waals surface area contributed by atoms with Gasteiger partial charge in [0.2, 0.25) is 0 Å². The van der Waals surface area contributed by atoms with Crippen molar-refractivity contribution >= 4 is 5.69 Å². The number of para-hydroxylation sites is 1. The van der Waals surface area contributed by atoms with Gasteiger partial charge in [-0.2, -0.15) is 0 Å². The number of rotatable bonds is 5. The summed E-state index contributed by atoms with van der Waals surface area (Å²) >= 11 is 0. The molecule has 0 aliphatic heterocycles. The van der Waals surface area contributed by atoms with Gasteiger partial charge in [-0.3, -0.25) is 0 Å². The minimum absolute atomic E-state index is 0.0861. The first-order chi connectivity index (χ1) is 7.74. The quantitative estimate of drug-likeness (QED) is 0.766. The van der Waals surface area contributed by atoms with Crippen LogP contribution in [0.3, 0.4) is 0 Å². The lowest BCUT2D eigenvalue weighted by Gasteiger charge is -2.25. The Labute approximate surface area is 98.4 Å². The lowest BCUT2D eigenvalue weighted by molar-refractivity contribution is 0.694. The van der Waals surface area contributed by atoms with Crippen LogP contribution in [0.5, 0.6) is 0 Å². The van der Waals surface area contributed by atoms with Crippen LogP contribution in [0.4, 0.5) is 5.69 Å². The van der Waals surface area contributed by atoms with Gasteiger partial charge in [-0.15, -0.1) is 6.42 Å². The second-order valence-electron chi connectivity index (χ2n) is 3.79. The molecule has 16 heavy (non-hydrogen) atoms. The van der Waals surface area contributed by atoms with Gasteiger partial charge >= 0.3 is 0 Å². The molecule has 1 atom stereocenters. The van der Waals surface area contributed by atoms with Gasteiger partial charge < -0.3 is 10.6 Å². The summed E-state index contributed by atoms with van der Waals surface area (Å²) in [5, 5.41) is 0. The van der Waals surface area contributed by atoms with Crippen molar-refractivity contribution in [2.45, 2.75) is 26.3 Å². The number of anilines is 1. The Morgan fingerprint density at radius 2 is 2.06 bits per heavy atom. The van der Waals surface area contributed by atoms with Gasteiger partial charge in [0.05, 0.1) is 6.54 Å². The molecule has 0 aromatic heterocycles. The van der Waals surface area contributed by atoms with E-state index in [4.69, 9.17) is 12.2 Å². The summed E-state index contributed by atoms with van der Waals surface area (Å²) < 4.78 is 0. The van der Waals surface area contributed by atoms with Gasteiger partial charge in [-0.1, -0.05) is 31.0 Å². The van der Waals surface area contributed by atoms with Crippen molar-refractivity contribution in [2.75, 3.05) is 18.0 Å². The Bertz CT molecular complexity index is 365. The Morgan fingerprint density at radius 1 is 1.38 bits per heavy atom. The molecule has 1 unspecified atom stereocenters. The third kappa shape index (κ3) is 2.77. The van der Waals surface area contributed by atoms with Crippen LogP contribution in [-0.4, -0.2) is 13.1 Å². The van der Waals surface area contributed by atoms with Crippen LogP contribution in [0.25, 0.3) is 0 Å². The topological polar surface area (TPSA) is 29.3 Å². The Morgan fingerprint density at radius 3 is 2.62 bits per heavy atom. The fourth-order valence-electron chi connectivity index (χ4n) is 1.79. The molecule has 0 radical (unpaired) electrons. The zero-order valence-electron chi connectivity index (χ0n) is 10.1. The van der Waals surface area contributed by atoms with E-state index in [0.717, 1.165) is 18.7 Å². The number of terminal acetylenes is 1. The summed E-state index contributed by atoms with van der Waals surface area (Å²) in [5.74, 6) is 2.69. The molecular formula is C14H20N2. The highest BCUT2D eigenvalue weighted by Gasteiger charge is 2.12. The molecule has 0 aliphatic rings. The fraction of sp³-hybridized carbons (Fsp3) is 0.429. The lowest BCUT2D eigenvalue weighted by Crippen LogP contribution is -2.25. The molecule has 0 saturated carbocycles. The van der Waals surface area contributed by atoms with Crippen molar-refractivity contribution in [1.29, 1.82) is 0 Å². The van der Waals surface area contributed by atoms with E-state index in [1.54, 1.807) is 0 Å². The first kappa shape index (κ1) is 12.6. The Balaban J connectivity index is 3.06. The predicted octanol–water partition coefficient (Wildman–Crippen LogP) is 2.56. The van der Waals surface area contributed by atoms with Crippen molar-refractivity contribution in [3.63, 3.8) is 0 Å². The molecule has 1 aromatic rings. The summed E-state index contributed by atoms with van der Waals surface area (Å²) in [5.41, 5.74) is 8.45. The van der Waals surface area contributed by atoms with Crippen molar-refractivity contribution in [3.05, 3.63) is 29.8 Å². The van der Waals surface area contributed by atoms with Crippen molar-refractivity contribution < 1.29 is 0 Å². The van der Waals surface area contributed by atoms with E-state index in [1.165, 1.54) is 5.56 Å². The second-order valence-corrected chi connectivity index (χ2v) is 3.79. The molecule has 1 aromatic carbocycles. The first-order valence-corrected chi connectivity index (χ1v) is 5.77. The fourth-order valence-corrected chi connectivity index (χ4v) is 1.79. The molecule has 2 N–H and O–H groups in total. The van der Waals surface area contributed by atoms with E-state index in [2.05, 4.69) is 36.8 Å². The Kier molecular flexibility index (Phi) is 4.88. The minimum atomic E-state index is 0.0861. The van der Waals surface area contributed by atoms with E-state index >= 15 is 0 Å². The molecule has 2 heteroatoms. The van der Waals surface area contributed by atoms with Crippen LogP contribution in [0, 0.1) is 12.3 Å². The van der Waals surface area contributed by atoms with Crippen molar-refractivity contribution in [3.8, 4) is 12.3 Å². The zero-order valence-corrected chi connectivity index (χ0v) is 10.1. The third-order valence-electron chi connectivity index (χ3n) is 2.78. The maximum Gasteiger partial charge on any atom is 0.0791 e. The maximum absolute atomic E-state index is 6.11. The van der Waals surface area contributed by atoms with E-state index in [1.807, 2.05) is 12.1 Å². The van der Waals surface area contributed by atoms with Crippen LogP contribution in [0.15, 0.2) is 24.3 Å². The SMILES string of the molecule is C#CCN(CC)c1ccccc1C(N)CC. The van der Waals surface area contributed by atoms with E-state index < -0.39 is 0 Å². The van der Waals surface area contributed by atoms with E-state index in [0.29, 0.717) is 6.54 Å². The number of hydrogen-bond acceptors (Lipinski definition) is 2. The molecule has 0 fully saturated rings. The molecule has 0 aliphatic carbocycles. The predicted molar refractivity (Wildman–Crippen MR) is 70.4 cm³/mol. The van der Waals surface area contributed by atoms with Crippen LogP contribution >= 0.6 is 0 Å². The molecule has 1 rings (SSSR count). The van der Waals surface area contributed by atoms with Crippen molar-refractivity contribution in [2.24, 2.45) is 5.73 Å². The summed E-state index contributed by atoms with van der Waals surface area (Å²) in [7, 11) is 0. The van der Waals surface area contributed by atoms with Crippen LogP contribution in [0.1, 0.15) is 31.9 Å².